The molecule has 0 saturated carbocycles. The van der Waals surface area contributed by atoms with Crippen LogP contribution in [0.15, 0.2) is 6.20 Å². The van der Waals surface area contributed by atoms with Gasteiger partial charge in [0, 0.05) is 34.2 Å². The van der Waals surface area contributed by atoms with Gasteiger partial charge in [-0.15, -0.1) is 0 Å². The van der Waals surface area contributed by atoms with Gasteiger partial charge in [0.2, 0.25) is 0 Å². The number of aryl methyl sites for hydroxylation is 2. The van der Waals surface area contributed by atoms with Crippen LogP contribution in [-0.2, 0) is 34.2 Å². The Morgan fingerprint density at radius 1 is 1.31 bits per heavy atom. The van der Waals surface area contributed by atoms with Gasteiger partial charge in [0.05, 0.1) is 5.82 Å². The van der Waals surface area contributed by atoms with Crippen molar-refractivity contribution in [3.8, 4) is 11.5 Å². The molecule has 0 amide bonds. The molecule has 0 spiro atoms. The molecule has 71 valence electrons. The van der Waals surface area contributed by atoms with Crippen molar-refractivity contribution < 1.29 is 20.1 Å². The van der Waals surface area contributed by atoms with Gasteiger partial charge in [-0.1, -0.05) is 11.4 Å². The van der Waals surface area contributed by atoms with Crippen molar-refractivity contribution in [3.05, 3.63) is 12.3 Å². The van der Waals surface area contributed by atoms with Crippen LogP contribution in [0, 0.1) is 6.07 Å². The van der Waals surface area contributed by atoms with Crippen LogP contribution in [0.2, 0.25) is 0 Å². The van der Waals surface area contributed by atoms with E-state index in [1.807, 2.05) is 7.05 Å². The van der Waals surface area contributed by atoms with Gasteiger partial charge in [-0.05, 0) is 5.69 Å². The molecule has 2 aromatic rings. The van der Waals surface area contributed by atoms with E-state index in [4.69, 9.17) is 0 Å². The minimum absolute atomic E-state index is 0. The van der Waals surface area contributed by atoms with E-state index in [1.54, 1.807) is 17.9 Å². The van der Waals surface area contributed by atoms with Gasteiger partial charge >= 0.3 is 0 Å². The van der Waals surface area contributed by atoms with Gasteiger partial charge in [-0.2, -0.15) is 10.9 Å². The molecule has 0 fully saturated rings. The first-order valence-electron chi connectivity index (χ1n) is 3.41. The van der Waals surface area contributed by atoms with E-state index in [-0.39, 0.29) is 20.1 Å². The predicted molar refractivity (Wildman–Crippen MR) is 39.8 cm³/mol. The Labute approximate surface area is 88.3 Å². The molecule has 0 unspecified atom stereocenters. The molecule has 1 radical (unpaired) electrons. The zero-order valence-electron chi connectivity index (χ0n) is 7.09. The molecule has 7 heteroatoms. The zero-order valence-corrected chi connectivity index (χ0v) is 9.49. The molecule has 0 aliphatic heterocycles. The van der Waals surface area contributed by atoms with E-state index in [9.17, 15) is 0 Å². The van der Waals surface area contributed by atoms with Crippen LogP contribution in [0.5, 0.6) is 0 Å². The molecular weight excluding hydrogens is 348 g/mol. The van der Waals surface area contributed by atoms with Crippen LogP contribution >= 0.6 is 0 Å². The Kier molecular flexibility index (Phi) is 2.90. The standard InChI is InChI=1S/C6H7N6.Ir/c1-11-4-3-5(8-11)6-7-10-12(2)9-6;/h4H,1-2H3;/q-1;. The first kappa shape index (κ1) is 10.0. The second-order valence-corrected chi connectivity index (χ2v) is 2.40. The molecule has 0 saturated heterocycles. The first-order chi connectivity index (χ1) is 5.75. The molecular formula is C6H7IrN6-. The molecule has 0 atom stereocenters. The van der Waals surface area contributed by atoms with Crippen LogP contribution in [-0.4, -0.2) is 30.0 Å². The van der Waals surface area contributed by atoms with Crippen LogP contribution in [0.1, 0.15) is 0 Å². The molecule has 2 aromatic heterocycles. The zero-order chi connectivity index (χ0) is 8.55. The molecule has 0 aliphatic rings. The van der Waals surface area contributed by atoms with E-state index in [0.29, 0.717) is 11.5 Å². The summed E-state index contributed by atoms with van der Waals surface area (Å²) in [6, 6.07) is 2.91. The maximum absolute atomic E-state index is 4.08. The summed E-state index contributed by atoms with van der Waals surface area (Å²) in [6.45, 7) is 0. The fourth-order valence-electron chi connectivity index (χ4n) is 0.858. The number of hydrogen-bond donors (Lipinski definition) is 0. The summed E-state index contributed by atoms with van der Waals surface area (Å²) in [6.07, 6.45) is 1.71. The van der Waals surface area contributed by atoms with Gasteiger partial charge in [-0.3, -0.25) is 4.68 Å². The first-order valence-corrected chi connectivity index (χ1v) is 3.41. The summed E-state index contributed by atoms with van der Waals surface area (Å²) in [4.78, 5) is 1.39. The fraction of sp³-hybridized carbons (Fsp3) is 0.333. The third kappa shape index (κ3) is 1.99. The Morgan fingerprint density at radius 3 is 2.54 bits per heavy atom. The van der Waals surface area contributed by atoms with Crippen molar-refractivity contribution in [3.63, 3.8) is 0 Å². The smallest absolute Gasteiger partial charge is 0.0697 e. The summed E-state index contributed by atoms with van der Waals surface area (Å²) in [5.74, 6) is 0.498. The normalized spacial score (nSPS) is 9.69. The summed E-state index contributed by atoms with van der Waals surface area (Å²) < 4.78 is 1.64. The number of hydrogen-bond acceptors (Lipinski definition) is 4. The van der Waals surface area contributed by atoms with E-state index in [1.165, 1.54) is 4.80 Å². The van der Waals surface area contributed by atoms with Gasteiger partial charge in [-0.25, -0.2) is 15.3 Å². The number of nitrogens with zero attached hydrogens (tertiary/aromatic N) is 6. The minimum atomic E-state index is 0. The summed E-state index contributed by atoms with van der Waals surface area (Å²) in [7, 11) is 3.52. The van der Waals surface area contributed by atoms with Gasteiger partial charge in [0.25, 0.3) is 0 Å². The Balaban J connectivity index is 0.000000845. The van der Waals surface area contributed by atoms with Crippen molar-refractivity contribution in [1.29, 1.82) is 0 Å². The van der Waals surface area contributed by atoms with E-state index in [0.717, 1.165) is 0 Å². The maximum Gasteiger partial charge on any atom is 0.0697 e. The Morgan fingerprint density at radius 2 is 2.08 bits per heavy atom. The van der Waals surface area contributed by atoms with Crippen LogP contribution in [0.3, 0.4) is 0 Å². The van der Waals surface area contributed by atoms with Crippen LogP contribution in [0.25, 0.3) is 11.5 Å². The molecule has 13 heavy (non-hydrogen) atoms. The van der Waals surface area contributed by atoms with E-state index < -0.39 is 0 Å². The number of rotatable bonds is 1. The SMILES string of the molecule is Cn1c[c-]c(-c2nnn(C)n2)n1.[Ir]. The third-order valence-corrected chi connectivity index (χ3v) is 1.37. The summed E-state index contributed by atoms with van der Waals surface area (Å²) >= 11 is 0. The molecule has 0 aliphatic carbocycles. The van der Waals surface area contributed by atoms with Crippen molar-refractivity contribution in [2.45, 2.75) is 0 Å². The summed E-state index contributed by atoms with van der Waals surface area (Å²) in [5, 5.41) is 15.5. The molecule has 0 bridgehead atoms. The topological polar surface area (TPSA) is 61.4 Å². The third-order valence-electron chi connectivity index (χ3n) is 1.37. The molecule has 6 nitrogen and oxygen atoms in total. The van der Waals surface area contributed by atoms with Crippen molar-refractivity contribution in [2.75, 3.05) is 0 Å². The fourth-order valence-corrected chi connectivity index (χ4v) is 0.858. The largest absolute Gasteiger partial charge is 0.297 e. The second-order valence-electron chi connectivity index (χ2n) is 2.40. The number of aromatic nitrogens is 6. The van der Waals surface area contributed by atoms with Gasteiger partial charge in [0.15, 0.2) is 0 Å². The molecule has 0 N–H and O–H groups in total. The quantitative estimate of drug-likeness (QED) is 0.642. The minimum Gasteiger partial charge on any atom is -0.297 e. The second kappa shape index (κ2) is 3.76. The molecule has 2 rings (SSSR count). The predicted octanol–water partition coefficient (Wildman–Crippen LogP) is -0.592. The van der Waals surface area contributed by atoms with Crippen molar-refractivity contribution in [2.24, 2.45) is 14.1 Å². The van der Waals surface area contributed by atoms with Gasteiger partial charge < -0.3 is 0 Å². The number of tetrazole rings is 1. The Hall–Kier alpha value is -1.07. The summed E-state index contributed by atoms with van der Waals surface area (Å²) in [5.41, 5.74) is 0.616. The van der Waals surface area contributed by atoms with Crippen LogP contribution < -0.4 is 0 Å². The Bertz CT molecular complexity index is 353. The van der Waals surface area contributed by atoms with Crippen molar-refractivity contribution >= 4 is 0 Å². The molecule has 0 aromatic carbocycles. The average molecular weight is 355 g/mol. The van der Waals surface area contributed by atoms with E-state index in [2.05, 4.69) is 26.6 Å². The van der Waals surface area contributed by atoms with Crippen molar-refractivity contribution in [1.82, 2.24) is 30.0 Å². The van der Waals surface area contributed by atoms with Crippen LogP contribution in [0.4, 0.5) is 0 Å². The van der Waals surface area contributed by atoms with Gasteiger partial charge in [0.1, 0.15) is 0 Å². The van der Waals surface area contributed by atoms with E-state index >= 15 is 0 Å². The molecule has 2 heterocycles. The average Bonchev–Trinajstić information content (AvgIpc) is 2.58. The maximum atomic E-state index is 4.08. The monoisotopic (exact) mass is 356 g/mol.